The lowest BCUT2D eigenvalue weighted by Gasteiger charge is -2.41. The van der Waals surface area contributed by atoms with Gasteiger partial charge in [-0.2, -0.15) is 0 Å². The molecule has 1 fully saturated rings. The molecule has 1 aliphatic rings. The number of rotatable bonds is 35. The third-order valence-corrected chi connectivity index (χ3v) is 11.1. The summed E-state index contributed by atoms with van der Waals surface area (Å²) in [6.07, 6.45) is 18.5. The van der Waals surface area contributed by atoms with Crippen LogP contribution in [-0.4, -0.2) is 98.3 Å². The maximum atomic E-state index is 12.8. The van der Waals surface area contributed by atoms with Crippen molar-refractivity contribution in [3.63, 3.8) is 0 Å². The van der Waals surface area contributed by atoms with Gasteiger partial charge in [0.1, 0.15) is 43.2 Å². The van der Waals surface area contributed by atoms with Crippen molar-refractivity contribution in [1.82, 2.24) is 0 Å². The number of carbonyl (C=O) groups is 2. The molecule has 1 aliphatic carbocycles. The van der Waals surface area contributed by atoms with Crippen molar-refractivity contribution in [3.8, 4) is 0 Å². The molecule has 0 aliphatic heterocycles. The molecule has 0 amide bonds. The Balaban J connectivity index is 2.49. The van der Waals surface area contributed by atoms with Crippen LogP contribution in [0.3, 0.4) is 0 Å². The molecule has 6 unspecified atom stereocenters. The lowest BCUT2D eigenvalue weighted by atomic mass is 9.85. The third-order valence-electron chi connectivity index (χ3n) is 10.1. The van der Waals surface area contributed by atoms with Gasteiger partial charge in [0.2, 0.25) is 0 Å². The lowest BCUT2D eigenvalue weighted by Crippen LogP contribution is -2.64. The average molecular weight is 809 g/mol. The Hall–Kier alpha value is -1.41. The van der Waals surface area contributed by atoms with E-state index in [0.717, 1.165) is 64.2 Å². The standard InChI is InChI=1S/C41H77O13P/c1-3-5-7-9-11-13-15-16-17-18-20-21-23-25-27-29-34(42)51-31-33(53-35(43)30-28-26-24-22-19-14-12-10-8-6-4-2)32-52-55(49,50)54-41-39(47)37(45)36(44)38(46)40(41)48/h16-17,33,36-41,44-48H,3-15,18-32H2,1-2H3,(H,49,50)/b17-16+/t33-,36?,37-,38?,39?,40?,41?/m1/s1. The molecule has 0 spiro atoms. The molecular formula is C41H77O13P. The first-order valence-electron chi connectivity index (χ1n) is 21.5. The van der Waals surface area contributed by atoms with E-state index in [4.69, 9.17) is 18.5 Å². The number of aliphatic hydroxyl groups excluding tert-OH is 5. The largest absolute Gasteiger partial charge is 0.472 e. The fourth-order valence-corrected chi connectivity index (χ4v) is 7.55. The van der Waals surface area contributed by atoms with E-state index in [1.165, 1.54) is 77.0 Å². The molecule has 0 aromatic heterocycles. The summed E-state index contributed by atoms with van der Waals surface area (Å²) in [6.45, 7) is 3.26. The number of aliphatic hydroxyl groups is 5. The molecule has 0 aromatic rings. The first-order valence-corrected chi connectivity index (χ1v) is 23.0. The summed E-state index contributed by atoms with van der Waals surface area (Å²) in [5.74, 6) is -1.10. The summed E-state index contributed by atoms with van der Waals surface area (Å²) in [5, 5.41) is 50.0. The molecule has 0 radical (unpaired) electrons. The molecule has 324 valence electrons. The number of phosphoric acid groups is 1. The second kappa shape index (κ2) is 32.5. The van der Waals surface area contributed by atoms with Gasteiger partial charge in [0, 0.05) is 12.8 Å². The Bertz CT molecular complexity index is 1030. The minimum Gasteiger partial charge on any atom is -0.462 e. The minimum absolute atomic E-state index is 0.0994. The summed E-state index contributed by atoms with van der Waals surface area (Å²) in [4.78, 5) is 35.5. The zero-order chi connectivity index (χ0) is 40.7. The summed E-state index contributed by atoms with van der Waals surface area (Å²) < 4.78 is 33.4. The summed E-state index contributed by atoms with van der Waals surface area (Å²) in [6, 6.07) is 0. The van der Waals surface area contributed by atoms with Gasteiger partial charge in [0.15, 0.2) is 6.10 Å². The van der Waals surface area contributed by atoms with Crippen LogP contribution in [-0.2, 0) is 32.7 Å². The van der Waals surface area contributed by atoms with Crippen LogP contribution in [0.15, 0.2) is 12.2 Å². The topological polar surface area (TPSA) is 210 Å². The highest BCUT2D eigenvalue weighted by molar-refractivity contribution is 7.47. The second-order valence-electron chi connectivity index (χ2n) is 15.2. The molecular weight excluding hydrogens is 731 g/mol. The first-order chi connectivity index (χ1) is 26.4. The van der Waals surface area contributed by atoms with E-state index >= 15 is 0 Å². The molecule has 8 atom stereocenters. The fraction of sp³-hybridized carbons (Fsp3) is 0.902. The van der Waals surface area contributed by atoms with E-state index in [-0.39, 0.29) is 12.8 Å². The smallest absolute Gasteiger partial charge is 0.462 e. The molecule has 0 aromatic carbocycles. The minimum atomic E-state index is -5.11. The predicted molar refractivity (Wildman–Crippen MR) is 212 cm³/mol. The molecule has 14 heteroatoms. The van der Waals surface area contributed by atoms with E-state index in [9.17, 15) is 44.6 Å². The van der Waals surface area contributed by atoms with Gasteiger partial charge in [0.05, 0.1) is 6.61 Å². The number of allylic oxidation sites excluding steroid dienone is 2. The summed E-state index contributed by atoms with van der Waals surface area (Å²) in [5.41, 5.74) is 0. The average Bonchev–Trinajstić information content (AvgIpc) is 3.16. The van der Waals surface area contributed by atoms with Crippen LogP contribution < -0.4 is 0 Å². The summed E-state index contributed by atoms with van der Waals surface area (Å²) in [7, 11) is -5.11. The highest BCUT2D eigenvalue weighted by atomic mass is 31.2. The van der Waals surface area contributed by atoms with Gasteiger partial charge in [-0.15, -0.1) is 0 Å². The highest BCUT2D eigenvalue weighted by Gasteiger charge is 2.51. The van der Waals surface area contributed by atoms with Crippen molar-refractivity contribution in [2.24, 2.45) is 0 Å². The lowest BCUT2D eigenvalue weighted by molar-refractivity contribution is -0.220. The number of esters is 2. The van der Waals surface area contributed by atoms with Crippen molar-refractivity contribution in [1.29, 1.82) is 0 Å². The number of hydrogen-bond acceptors (Lipinski definition) is 12. The van der Waals surface area contributed by atoms with Gasteiger partial charge in [-0.25, -0.2) is 4.57 Å². The van der Waals surface area contributed by atoms with E-state index in [1.807, 2.05) is 0 Å². The van der Waals surface area contributed by atoms with Crippen LogP contribution in [0.2, 0.25) is 0 Å². The Kier molecular flexibility index (Phi) is 30.5. The van der Waals surface area contributed by atoms with Crippen molar-refractivity contribution >= 4 is 19.8 Å². The molecule has 13 nitrogen and oxygen atoms in total. The fourth-order valence-electron chi connectivity index (χ4n) is 6.58. The molecule has 1 rings (SSSR count). The van der Waals surface area contributed by atoms with Crippen molar-refractivity contribution in [2.45, 2.75) is 224 Å². The molecule has 1 saturated carbocycles. The number of unbranched alkanes of at least 4 members (excludes halogenated alkanes) is 21. The molecule has 0 saturated heterocycles. The van der Waals surface area contributed by atoms with E-state index < -0.39 is 75.7 Å². The van der Waals surface area contributed by atoms with E-state index in [0.29, 0.717) is 12.8 Å². The van der Waals surface area contributed by atoms with Gasteiger partial charge in [-0.3, -0.25) is 18.6 Å². The Morgan fingerprint density at radius 1 is 0.545 bits per heavy atom. The van der Waals surface area contributed by atoms with Crippen molar-refractivity contribution < 1.29 is 63.1 Å². The van der Waals surface area contributed by atoms with E-state index in [2.05, 4.69) is 26.0 Å². The van der Waals surface area contributed by atoms with Crippen LogP contribution in [0.5, 0.6) is 0 Å². The van der Waals surface area contributed by atoms with Gasteiger partial charge in [0.25, 0.3) is 0 Å². The number of carbonyl (C=O) groups excluding carboxylic acids is 2. The molecule has 0 bridgehead atoms. The zero-order valence-electron chi connectivity index (χ0n) is 34.0. The van der Waals surface area contributed by atoms with Crippen molar-refractivity contribution in [2.75, 3.05) is 13.2 Å². The maximum Gasteiger partial charge on any atom is 0.472 e. The van der Waals surface area contributed by atoms with Gasteiger partial charge >= 0.3 is 19.8 Å². The van der Waals surface area contributed by atoms with E-state index in [1.54, 1.807) is 0 Å². The van der Waals surface area contributed by atoms with Crippen LogP contribution in [0.25, 0.3) is 0 Å². The quantitative estimate of drug-likeness (QED) is 0.0159. The zero-order valence-corrected chi connectivity index (χ0v) is 34.9. The SMILES string of the molecule is CCCCCCCC/C=C/CCCCCCCC(=O)OC[C@H](COP(=O)(O)OC1C(O)C(O)C(O)[C@@H](O)C1O)OC(=O)CCCCCCCCCCCCC. The third kappa shape index (κ3) is 25.5. The molecule has 6 N–H and O–H groups in total. The first kappa shape index (κ1) is 51.6. The summed E-state index contributed by atoms with van der Waals surface area (Å²) >= 11 is 0. The number of phosphoric ester groups is 1. The van der Waals surface area contributed by atoms with Crippen molar-refractivity contribution in [3.05, 3.63) is 12.2 Å². The molecule has 55 heavy (non-hydrogen) atoms. The highest BCUT2D eigenvalue weighted by Crippen LogP contribution is 2.47. The van der Waals surface area contributed by atoms with Crippen LogP contribution in [0.4, 0.5) is 0 Å². The van der Waals surface area contributed by atoms with Crippen LogP contribution in [0.1, 0.15) is 181 Å². The number of ether oxygens (including phenoxy) is 2. The van der Waals surface area contributed by atoms with Crippen LogP contribution in [0, 0.1) is 0 Å². The molecule has 0 heterocycles. The Morgan fingerprint density at radius 2 is 0.927 bits per heavy atom. The Labute approximate surface area is 331 Å². The Morgan fingerprint density at radius 3 is 1.38 bits per heavy atom. The monoisotopic (exact) mass is 809 g/mol. The normalized spacial score (nSPS) is 23.1. The predicted octanol–water partition coefficient (Wildman–Crippen LogP) is 7.50. The van der Waals surface area contributed by atoms with Gasteiger partial charge < -0.3 is 39.9 Å². The maximum absolute atomic E-state index is 12.8. The van der Waals surface area contributed by atoms with Crippen LogP contribution >= 0.6 is 7.82 Å². The van der Waals surface area contributed by atoms with Gasteiger partial charge in [-0.1, -0.05) is 142 Å². The number of hydrogen-bond donors (Lipinski definition) is 6. The second-order valence-corrected chi connectivity index (χ2v) is 16.6. The van der Waals surface area contributed by atoms with Gasteiger partial charge in [-0.05, 0) is 38.5 Å².